The van der Waals surface area contributed by atoms with Gasteiger partial charge in [-0.2, -0.15) is 0 Å². The van der Waals surface area contributed by atoms with E-state index in [4.69, 9.17) is 0 Å². The van der Waals surface area contributed by atoms with E-state index < -0.39 is 11.2 Å². The summed E-state index contributed by atoms with van der Waals surface area (Å²) in [5.74, 6) is 0. The molecule has 0 heterocycles. The molecule has 104 valence electrons. The molecule has 0 radical (unpaired) electrons. The van der Waals surface area contributed by atoms with Gasteiger partial charge in [0.1, 0.15) is 11.2 Å². The Labute approximate surface area is 119 Å². The van der Waals surface area contributed by atoms with Crippen LogP contribution >= 0.6 is 0 Å². The van der Waals surface area contributed by atoms with E-state index in [1.165, 1.54) is 0 Å². The average Bonchev–Trinajstić information content (AvgIpc) is 2.52. The summed E-state index contributed by atoms with van der Waals surface area (Å²) >= 11 is 0. The number of benzene rings is 2. The summed E-state index contributed by atoms with van der Waals surface area (Å²) < 4.78 is 0. The van der Waals surface area contributed by atoms with Crippen molar-refractivity contribution >= 4 is 0 Å². The molecule has 2 N–H and O–H groups in total. The van der Waals surface area contributed by atoms with Gasteiger partial charge in [-0.15, -0.1) is 0 Å². The summed E-state index contributed by atoms with van der Waals surface area (Å²) in [6.07, 6.45) is 3.03. The summed E-state index contributed by atoms with van der Waals surface area (Å²) in [6, 6.07) is 19.1. The molecule has 0 saturated heterocycles. The zero-order valence-corrected chi connectivity index (χ0v) is 11.5. The van der Waals surface area contributed by atoms with Crippen LogP contribution in [0.25, 0.3) is 0 Å². The SMILES string of the molecule is O[C@@]1(c2ccccc2)CCCC[C@]1(O)c1ccccc1. The Balaban J connectivity index is 2.12. The number of rotatable bonds is 2. The molecule has 2 aromatic carbocycles. The maximum absolute atomic E-state index is 11.3. The molecule has 1 fully saturated rings. The van der Waals surface area contributed by atoms with E-state index >= 15 is 0 Å². The topological polar surface area (TPSA) is 40.5 Å². The lowest BCUT2D eigenvalue weighted by Gasteiger charge is -2.47. The molecule has 1 aliphatic carbocycles. The smallest absolute Gasteiger partial charge is 0.122 e. The van der Waals surface area contributed by atoms with Crippen LogP contribution in [0.5, 0.6) is 0 Å². The van der Waals surface area contributed by atoms with E-state index in [0.717, 1.165) is 24.0 Å². The lowest BCUT2D eigenvalue weighted by molar-refractivity contribution is -0.189. The molecule has 2 nitrogen and oxygen atoms in total. The predicted octanol–water partition coefficient (Wildman–Crippen LogP) is 3.34. The molecular weight excluding hydrogens is 248 g/mol. The predicted molar refractivity (Wildman–Crippen MR) is 79.1 cm³/mol. The van der Waals surface area contributed by atoms with Crippen molar-refractivity contribution in [3.05, 3.63) is 71.8 Å². The number of hydrogen-bond donors (Lipinski definition) is 2. The average molecular weight is 268 g/mol. The molecule has 1 saturated carbocycles. The minimum Gasteiger partial charge on any atom is -0.382 e. The van der Waals surface area contributed by atoms with Gasteiger partial charge in [-0.3, -0.25) is 0 Å². The molecular formula is C18H20O2. The van der Waals surface area contributed by atoms with Crippen molar-refractivity contribution in [1.82, 2.24) is 0 Å². The van der Waals surface area contributed by atoms with Gasteiger partial charge in [-0.1, -0.05) is 60.7 Å². The van der Waals surface area contributed by atoms with Gasteiger partial charge >= 0.3 is 0 Å². The van der Waals surface area contributed by atoms with Crippen LogP contribution in [-0.2, 0) is 11.2 Å². The molecule has 3 rings (SSSR count). The van der Waals surface area contributed by atoms with Gasteiger partial charge in [0.05, 0.1) is 0 Å². The Hall–Kier alpha value is -1.64. The monoisotopic (exact) mass is 268 g/mol. The maximum Gasteiger partial charge on any atom is 0.122 e. The van der Waals surface area contributed by atoms with Crippen LogP contribution in [0.1, 0.15) is 36.8 Å². The maximum atomic E-state index is 11.3. The van der Waals surface area contributed by atoms with Crippen LogP contribution in [0, 0.1) is 0 Å². The zero-order chi connectivity index (χ0) is 14.1. The van der Waals surface area contributed by atoms with Crippen molar-refractivity contribution in [3.8, 4) is 0 Å². The first-order valence-electron chi connectivity index (χ1n) is 7.23. The van der Waals surface area contributed by atoms with E-state index in [1.54, 1.807) is 0 Å². The summed E-state index contributed by atoms with van der Waals surface area (Å²) in [6.45, 7) is 0. The third-order valence-corrected chi connectivity index (χ3v) is 4.51. The minimum atomic E-state index is -1.21. The van der Waals surface area contributed by atoms with Crippen molar-refractivity contribution < 1.29 is 10.2 Å². The highest BCUT2D eigenvalue weighted by molar-refractivity contribution is 5.34. The first-order chi connectivity index (χ1) is 9.67. The third-order valence-electron chi connectivity index (χ3n) is 4.51. The molecule has 2 aromatic rings. The zero-order valence-electron chi connectivity index (χ0n) is 11.5. The summed E-state index contributed by atoms with van der Waals surface area (Å²) in [5.41, 5.74) is -0.834. The largest absolute Gasteiger partial charge is 0.382 e. The minimum absolute atomic E-state index is 0.586. The van der Waals surface area contributed by atoms with Gasteiger partial charge in [0.15, 0.2) is 0 Å². The highest BCUT2D eigenvalue weighted by atomic mass is 16.4. The number of aliphatic hydroxyl groups is 2. The fourth-order valence-corrected chi connectivity index (χ4v) is 3.37. The molecule has 0 aromatic heterocycles. The van der Waals surface area contributed by atoms with Crippen molar-refractivity contribution in [2.75, 3.05) is 0 Å². The standard InChI is InChI=1S/C18H20O2/c19-17(15-9-3-1-4-10-15)13-7-8-14-18(17,20)16-11-5-2-6-12-16/h1-6,9-12,19-20H,7-8,13-14H2/t17-,18+. The second-order valence-corrected chi connectivity index (χ2v) is 5.66. The van der Waals surface area contributed by atoms with Gasteiger partial charge in [0.25, 0.3) is 0 Å². The molecule has 2 heteroatoms. The van der Waals surface area contributed by atoms with Gasteiger partial charge in [-0.25, -0.2) is 0 Å². The quantitative estimate of drug-likeness (QED) is 0.877. The van der Waals surface area contributed by atoms with Gasteiger partial charge < -0.3 is 10.2 Å². The molecule has 0 amide bonds. The first-order valence-corrected chi connectivity index (χ1v) is 7.23. The molecule has 0 spiro atoms. The van der Waals surface area contributed by atoms with E-state index in [-0.39, 0.29) is 0 Å². The molecule has 0 unspecified atom stereocenters. The van der Waals surface area contributed by atoms with Gasteiger partial charge in [0, 0.05) is 0 Å². The summed E-state index contributed by atoms with van der Waals surface area (Å²) in [7, 11) is 0. The van der Waals surface area contributed by atoms with E-state index in [0.29, 0.717) is 12.8 Å². The number of hydrogen-bond acceptors (Lipinski definition) is 2. The Morgan fingerprint density at radius 2 is 0.950 bits per heavy atom. The highest BCUT2D eigenvalue weighted by Gasteiger charge is 2.52. The normalized spacial score (nSPS) is 30.1. The highest BCUT2D eigenvalue weighted by Crippen LogP contribution is 2.50. The van der Waals surface area contributed by atoms with Crippen LogP contribution in [0.2, 0.25) is 0 Å². The second-order valence-electron chi connectivity index (χ2n) is 5.66. The molecule has 2 atom stereocenters. The van der Waals surface area contributed by atoms with Crippen LogP contribution < -0.4 is 0 Å². The third kappa shape index (κ3) is 1.96. The molecule has 0 aliphatic heterocycles. The fourth-order valence-electron chi connectivity index (χ4n) is 3.37. The van der Waals surface area contributed by atoms with Gasteiger partial charge in [0.2, 0.25) is 0 Å². The molecule has 20 heavy (non-hydrogen) atoms. The van der Waals surface area contributed by atoms with Crippen molar-refractivity contribution in [2.45, 2.75) is 36.9 Å². The summed E-state index contributed by atoms with van der Waals surface area (Å²) in [5, 5.41) is 22.5. The first kappa shape index (κ1) is 13.3. The fraction of sp³-hybridized carbons (Fsp3) is 0.333. The van der Waals surface area contributed by atoms with Crippen LogP contribution in [0.15, 0.2) is 60.7 Å². The Morgan fingerprint density at radius 3 is 1.30 bits per heavy atom. The van der Waals surface area contributed by atoms with Crippen molar-refractivity contribution in [3.63, 3.8) is 0 Å². The Bertz CT molecular complexity index is 513. The molecule has 0 bridgehead atoms. The van der Waals surface area contributed by atoms with Gasteiger partial charge in [-0.05, 0) is 36.8 Å². The lowest BCUT2D eigenvalue weighted by atomic mass is 9.65. The van der Waals surface area contributed by atoms with Crippen LogP contribution in [-0.4, -0.2) is 10.2 Å². The van der Waals surface area contributed by atoms with E-state index in [1.807, 2.05) is 60.7 Å². The second kappa shape index (κ2) is 5.04. The Kier molecular flexibility index (Phi) is 3.36. The van der Waals surface area contributed by atoms with E-state index in [2.05, 4.69) is 0 Å². The van der Waals surface area contributed by atoms with Crippen molar-refractivity contribution in [2.24, 2.45) is 0 Å². The van der Waals surface area contributed by atoms with Crippen molar-refractivity contribution in [1.29, 1.82) is 0 Å². The van der Waals surface area contributed by atoms with Crippen LogP contribution in [0.3, 0.4) is 0 Å². The van der Waals surface area contributed by atoms with Crippen LogP contribution in [0.4, 0.5) is 0 Å². The lowest BCUT2D eigenvalue weighted by Crippen LogP contribution is -2.51. The van der Waals surface area contributed by atoms with E-state index in [9.17, 15) is 10.2 Å². The molecule has 1 aliphatic rings. The Morgan fingerprint density at radius 1 is 0.600 bits per heavy atom. The summed E-state index contributed by atoms with van der Waals surface area (Å²) in [4.78, 5) is 0.